The van der Waals surface area contributed by atoms with Crippen LogP contribution in [0.3, 0.4) is 0 Å². The number of nitrogens with one attached hydrogen (secondary N) is 2. The highest BCUT2D eigenvalue weighted by atomic mass is 16.2. The van der Waals surface area contributed by atoms with Gasteiger partial charge in [0.1, 0.15) is 6.04 Å². The summed E-state index contributed by atoms with van der Waals surface area (Å²) in [7, 11) is 0. The van der Waals surface area contributed by atoms with E-state index in [9.17, 15) is 4.79 Å². The Labute approximate surface area is 70.0 Å². The zero-order chi connectivity index (χ0) is 8.55. The molecule has 1 aromatic rings. The Bertz CT molecular complexity index is 324. The number of anilines is 2. The van der Waals surface area contributed by atoms with Gasteiger partial charge in [0.2, 0.25) is 5.91 Å². The average Bonchev–Trinajstić information content (AvgIpc) is 2.07. The van der Waals surface area contributed by atoms with E-state index in [1.165, 1.54) is 0 Å². The lowest BCUT2D eigenvalue weighted by molar-refractivity contribution is -0.116. The number of carbonyl (C=O) groups is 1. The quantitative estimate of drug-likeness (QED) is 0.595. The molecule has 0 unspecified atom stereocenters. The second-order valence-electron chi connectivity index (χ2n) is 2.75. The number of hydrogen-bond acceptors (Lipinski definition) is 3. The summed E-state index contributed by atoms with van der Waals surface area (Å²) >= 11 is 0. The molecule has 0 fully saturated rings. The van der Waals surface area contributed by atoms with Crippen LogP contribution in [0.1, 0.15) is 6.92 Å². The highest BCUT2D eigenvalue weighted by Crippen LogP contribution is 2.22. The van der Waals surface area contributed by atoms with Gasteiger partial charge in [-0.25, -0.2) is 4.98 Å². The van der Waals surface area contributed by atoms with Crippen LogP contribution < -0.4 is 10.6 Å². The van der Waals surface area contributed by atoms with Crippen molar-refractivity contribution in [3.63, 3.8) is 0 Å². The fourth-order valence-electron chi connectivity index (χ4n) is 1.15. The molecular weight excluding hydrogens is 154 g/mol. The number of hydrogen-bond donors (Lipinski definition) is 2. The van der Waals surface area contributed by atoms with Crippen LogP contribution in [-0.4, -0.2) is 16.9 Å². The monoisotopic (exact) mass is 163 g/mol. The second kappa shape index (κ2) is 2.48. The van der Waals surface area contributed by atoms with Crippen molar-refractivity contribution in [2.45, 2.75) is 13.0 Å². The van der Waals surface area contributed by atoms with Crippen LogP contribution in [-0.2, 0) is 4.79 Å². The molecule has 1 aliphatic rings. The molecule has 4 nitrogen and oxygen atoms in total. The molecule has 1 aliphatic heterocycles. The SMILES string of the molecule is C[C@H]1Nc2cccnc2NC1=O. The van der Waals surface area contributed by atoms with Crippen molar-refractivity contribution in [3.8, 4) is 0 Å². The maximum absolute atomic E-state index is 11.1. The molecule has 0 saturated heterocycles. The molecule has 0 aromatic carbocycles. The fraction of sp³-hybridized carbons (Fsp3) is 0.250. The van der Waals surface area contributed by atoms with Crippen molar-refractivity contribution in [1.82, 2.24) is 4.98 Å². The molecule has 12 heavy (non-hydrogen) atoms. The predicted octanol–water partition coefficient (Wildman–Crippen LogP) is 0.834. The summed E-state index contributed by atoms with van der Waals surface area (Å²) in [4.78, 5) is 15.2. The van der Waals surface area contributed by atoms with E-state index in [0.717, 1.165) is 5.69 Å². The largest absolute Gasteiger partial charge is 0.371 e. The maximum atomic E-state index is 11.1. The van der Waals surface area contributed by atoms with Gasteiger partial charge in [-0.2, -0.15) is 0 Å². The van der Waals surface area contributed by atoms with Crippen LogP contribution >= 0.6 is 0 Å². The van der Waals surface area contributed by atoms with Crippen molar-refractivity contribution in [1.29, 1.82) is 0 Å². The standard InChI is InChI=1S/C8H9N3O/c1-5-8(12)11-7-6(10-5)3-2-4-9-7/h2-5,10H,1H3,(H,9,11,12)/t5-/m1/s1. The van der Waals surface area contributed by atoms with Crippen LogP contribution in [0.5, 0.6) is 0 Å². The molecule has 2 N–H and O–H groups in total. The van der Waals surface area contributed by atoms with Crippen LogP contribution in [0.2, 0.25) is 0 Å². The van der Waals surface area contributed by atoms with E-state index in [1.807, 2.05) is 19.1 Å². The van der Waals surface area contributed by atoms with Gasteiger partial charge in [-0.3, -0.25) is 4.79 Å². The van der Waals surface area contributed by atoms with Crippen molar-refractivity contribution in [3.05, 3.63) is 18.3 Å². The first-order chi connectivity index (χ1) is 5.77. The number of pyridine rings is 1. The van der Waals surface area contributed by atoms with Crippen LogP contribution in [0.4, 0.5) is 11.5 Å². The zero-order valence-electron chi connectivity index (χ0n) is 6.66. The van der Waals surface area contributed by atoms with Crippen LogP contribution in [0, 0.1) is 0 Å². The number of carbonyl (C=O) groups excluding carboxylic acids is 1. The van der Waals surface area contributed by atoms with E-state index in [0.29, 0.717) is 5.82 Å². The van der Waals surface area contributed by atoms with Crippen molar-refractivity contribution < 1.29 is 4.79 Å². The number of amides is 1. The van der Waals surface area contributed by atoms with Gasteiger partial charge in [-0.05, 0) is 19.1 Å². The van der Waals surface area contributed by atoms with Crippen molar-refractivity contribution in [2.75, 3.05) is 10.6 Å². The number of fused-ring (bicyclic) bond motifs is 1. The lowest BCUT2D eigenvalue weighted by atomic mass is 10.2. The molecule has 1 aromatic heterocycles. The van der Waals surface area contributed by atoms with Gasteiger partial charge >= 0.3 is 0 Å². The summed E-state index contributed by atoms with van der Waals surface area (Å²) in [5.74, 6) is 0.571. The topological polar surface area (TPSA) is 54.0 Å². The van der Waals surface area contributed by atoms with Gasteiger partial charge in [-0.1, -0.05) is 0 Å². The summed E-state index contributed by atoms with van der Waals surface area (Å²) in [6.45, 7) is 1.81. The normalized spacial score (nSPS) is 20.8. The van der Waals surface area contributed by atoms with Crippen molar-refractivity contribution >= 4 is 17.4 Å². The number of rotatable bonds is 0. The predicted molar refractivity (Wildman–Crippen MR) is 46.0 cm³/mol. The minimum atomic E-state index is -0.179. The van der Waals surface area contributed by atoms with E-state index in [2.05, 4.69) is 15.6 Å². The number of nitrogens with zero attached hydrogens (tertiary/aromatic N) is 1. The summed E-state index contributed by atoms with van der Waals surface area (Å²) in [6, 6.07) is 3.54. The van der Waals surface area contributed by atoms with Gasteiger partial charge < -0.3 is 10.6 Å². The van der Waals surface area contributed by atoms with Gasteiger partial charge in [0.05, 0.1) is 5.69 Å². The zero-order valence-corrected chi connectivity index (χ0v) is 6.66. The third-order valence-corrected chi connectivity index (χ3v) is 1.81. The molecular formula is C8H9N3O. The third-order valence-electron chi connectivity index (χ3n) is 1.81. The third kappa shape index (κ3) is 1.01. The minimum Gasteiger partial charge on any atom is -0.371 e. The Balaban J connectivity index is 2.40. The summed E-state index contributed by atoms with van der Waals surface area (Å²) in [5.41, 5.74) is 0.879. The van der Waals surface area contributed by atoms with Crippen LogP contribution in [0.15, 0.2) is 18.3 Å². The maximum Gasteiger partial charge on any atom is 0.247 e. The second-order valence-corrected chi connectivity index (χ2v) is 2.75. The molecule has 0 saturated carbocycles. The first-order valence-corrected chi connectivity index (χ1v) is 3.80. The van der Waals surface area contributed by atoms with E-state index in [-0.39, 0.29) is 11.9 Å². The van der Waals surface area contributed by atoms with Gasteiger partial charge in [0, 0.05) is 6.20 Å². The molecule has 4 heteroatoms. The van der Waals surface area contributed by atoms with E-state index < -0.39 is 0 Å². The Morgan fingerprint density at radius 2 is 2.42 bits per heavy atom. The number of aromatic nitrogens is 1. The Hall–Kier alpha value is -1.58. The van der Waals surface area contributed by atoms with Crippen LogP contribution in [0.25, 0.3) is 0 Å². The Morgan fingerprint density at radius 1 is 1.58 bits per heavy atom. The first-order valence-electron chi connectivity index (χ1n) is 3.80. The molecule has 1 atom stereocenters. The summed E-state index contributed by atoms with van der Waals surface area (Å²) < 4.78 is 0. The first kappa shape index (κ1) is 7.09. The van der Waals surface area contributed by atoms with Gasteiger partial charge in [0.25, 0.3) is 0 Å². The summed E-state index contributed by atoms with van der Waals surface area (Å²) in [5, 5.41) is 5.73. The molecule has 0 aliphatic carbocycles. The summed E-state index contributed by atoms with van der Waals surface area (Å²) in [6.07, 6.45) is 1.65. The van der Waals surface area contributed by atoms with Gasteiger partial charge in [0.15, 0.2) is 5.82 Å². The van der Waals surface area contributed by atoms with E-state index >= 15 is 0 Å². The lowest BCUT2D eigenvalue weighted by Gasteiger charge is -2.22. The molecule has 2 heterocycles. The van der Waals surface area contributed by atoms with Gasteiger partial charge in [-0.15, -0.1) is 0 Å². The lowest BCUT2D eigenvalue weighted by Crippen LogP contribution is -2.36. The molecule has 0 spiro atoms. The van der Waals surface area contributed by atoms with E-state index in [4.69, 9.17) is 0 Å². The molecule has 0 bridgehead atoms. The minimum absolute atomic E-state index is 0.0406. The molecule has 2 rings (SSSR count). The average molecular weight is 163 g/mol. The molecule has 62 valence electrons. The highest BCUT2D eigenvalue weighted by molar-refractivity contribution is 6.01. The fourth-order valence-corrected chi connectivity index (χ4v) is 1.15. The highest BCUT2D eigenvalue weighted by Gasteiger charge is 2.21. The van der Waals surface area contributed by atoms with E-state index in [1.54, 1.807) is 6.20 Å². The molecule has 0 radical (unpaired) electrons. The Morgan fingerprint density at radius 3 is 3.25 bits per heavy atom. The Kier molecular flexibility index (Phi) is 1.46. The smallest absolute Gasteiger partial charge is 0.247 e. The van der Waals surface area contributed by atoms with Crippen molar-refractivity contribution in [2.24, 2.45) is 0 Å². The molecule has 1 amide bonds.